The largest absolute Gasteiger partial charge is 0.417 e. The first-order valence-electron chi connectivity index (χ1n) is 5.57. The number of halogens is 5. The maximum atomic E-state index is 13.3. The van der Waals surface area contributed by atoms with E-state index in [1.807, 2.05) is 0 Å². The summed E-state index contributed by atoms with van der Waals surface area (Å²) < 4.78 is 51.4. The van der Waals surface area contributed by atoms with Crippen LogP contribution in [0.5, 0.6) is 0 Å². The minimum absolute atomic E-state index is 0.153. The monoisotopic (exact) mass is 318 g/mol. The quantitative estimate of drug-likeness (QED) is 0.668. The summed E-state index contributed by atoms with van der Waals surface area (Å²) in [6, 6.07) is 5.36. The Kier molecular flexibility index (Phi) is 4.13. The van der Waals surface area contributed by atoms with Crippen molar-refractivity contribution >= 4 is 23.2 Å². The molecule has 1 aromatic heterocycles. The molecule has 2 aromatic rings. The number of alkyl halides is 3. The number of carbonyl (C=O) groups excluding carboxylic acids is 1. The van der Waals surface area contributed by atoms with Crippen LogP contribution in [-0.4, -0.2) is 10.9 Å². The van der Waals surface area contributed by atoms with Gasteiger partial charge in [-0.1, -0.05) is 11.6 Å². The van der Waals surface area contributed by atoms with Gasteiger partial charge in [-0.2, -0.15) is 17.6 Å². The highest BCUT2D eigenvalue weighted by atomic mass is 35.5. The van der Waals surface area contributed by atoms with Gasteiger partial charge in [-0.25, -0.2) is 4.98 Å². The third-order valence-electron chi connectivity index (χ3n) is 2.53. The Bertz CT molecular complexity index is 688. The molecule has 0 unspecified atom stereocenters. The van der Waals surface area contributed by atoms with Crippen molar-refractivity contribution in [3.63, 3.8) is 0 Å². The highest BCUT2D eigenvalue weighted by Gasteiger charge is 2.33. The van der Waals surface area contributed by atoms with E-state index in [1.54, 1.807) is 0 Å². The lowest BCUT2D eigenvalue weighted by atomic mass is 10.2. The molecule has 1 N–H and O–H groups in total. The van der Waals surface area contributed by atoms with Gasteiger partial charge in [0.05, 0.1) is 16.1 Å². The number of hydrogen-bond acceptors (Lipinski definition) is 2. The van der Waals surface area contributed by atoms with E-state index in [0.717, 1.165) is 18.3 Å². The molecule has 0 bridgehead atoms. The third kappa shape index (κ3) is 3.49. The summed E-state index contributed by atoms with van der Waals surface area (Å²) in [6.45, 7) is 0. The van der Waals surface area contributed by atoms with Crippen molar-refractivity contribution in [1.82, 2.24) is 4.98 Å². The number of benzene rings is 1. The fraction of sp³-hybridized carbons (Fsp3) is 0.0769. The number of nitrogens with zero attached hydrogens (tertiary/aromatic N) is 1. The zero-order valence-corrected chi connectivity index (χ0v) is 11.0. The Balaban J connectivity index is 2.29. The van der Waals surface area contributed by atoms with Crippen LogP contribution >= 0.6 is 11.6 Å². The number of pyridine rings is 1. The first-order valence-corrected chi connectivity index (χ1v) is 5.95. The molecule has 0 aliphatic heterocycles. The number of amides is 1. The third-order valence-corrected chi connectivity index (χ3v) is 2.86. The maximum absolute atomic E-state index is 13.3. The summed E-state index contributed by atoms with van der Waals surface area (Å²) in [5.41, 5.74) is -1.62. The fourth-order valence-electron chi connectivity index (χ4n) is 1.57. The van der Waals surface area contributed by atoms with Crippen LogP contribution in [0.1, 0.15) is 15.9 Å². The number of anilines is 1. The van der Waals surface area contributed by atoms with E-state index in [0.29, 0.717) is 6.07 Å². The van der Waals surface area contributed by atoms with Crippen molar-refractivity contribution in [2.45, 2.75) is 6.18 Å². The average molecular weight is 319 g/mol. The zero-order chi connectivity index (χ0) is 15.6. The van der Waals surface area contributed by atoms with Gasteiger partial charge in [0.1, 0.15) is 0 Å². The molecule has 0 saturated heterocycles. The van der Waals surface area contributed by atoms with Gasteiger partial charge in [0.2, 0.25) is 5.95 Å². The van der Waals surface area contributed by atoms with E-state index in [9.17, 15) is 22.4 Å². The van der Waals surface area contributed by atoms with Gasteiger partial charge in [-0.05, 0) is 30.3 Å². The Morgan fingerprint density at radius 1 is 1.24 bits per heavy atom. The molecule has 8 heteroatoms. The average Bonchev–Trinajstić information content (AvgIpc) is 2.40. The van der Waals surface area contributed by atoms with Crippen LogP contribution in [0.4, 0.5) is 23.2 Å². The molecule has 0 spiro atoms. The smallest absolute Gasteiger partial charge is 0.322 e. The van der Waals surface area contributed by atoms with E-state index in [-0.39, 0.29) is 11.3 Å². The van der Waals surface area contributed by atoms with E-state index >= 15 is 0 Å². The second kappa shape index (κ2) is 5.69. The SMILES string of the molecule is O=C(Nc1ccc(Cl)c(C(F)(F)F)c1)c1cccnc1F. The lowest BCUT2D eigenvalue weighted by molar-refractivity contribution is -0.137. The summed E-state index contributed by atoms with van der Waals surface area (Å²) in [6.07, 6.45) is -3.51. The highest BCUT2D eigenvalue weighted by Crippen LogP contribution is 2.36. The summed E-state index contributed by atoms with van der Waals surface area (Å²) in [7, 11) is 0. The molecule has 1 aromatic carbocycles. The molecular formula is C13H7ClF4N2O. The second-order valence-corrected chi connectivity index (χ2v) is 4.40. The topological polar surface area (TPSA) is 42.0 Å². The van der Waals surface area contributed by atoms with Gasteiger partial charge in [0.15, 0.2) is 0 Å². The molecule has 1 heterocycles. The Morgan fingerprint density at radius 2 is 1.95 bits per heavy atom. The van der Waals surface area contributed by atoms with Crippen molar-refractivity contribution in [2.75, 3.05) is 5.32 Å². The molecule has 0 saturated carbocycles. The Hall–Kier alpha value is -2.15. The van der Waals surface area contributed by atoms with E-state index in [4.69, 9.17) is 11.6 Å². The molecule has 2 rings (SSSR count). The summed E-state index contributed by atoms with van der Waals surface area (Å²) in [5, 5.41) is 1.67. The lowest BCUT2D eigenvalue weighted by Crippen LogP contribution is -2.15. The van der Waals surface area contributed by atoms with Gasteiger partial charge >= 0.3 is 6.18 Å². The number of aromatic nitrogens is 1. The van der Waals surface area contributed by atoms with Crippen LogP contribution in [0.2, 0.25) is 5.02 Å². The first kappa shape index (κ1) is 15.2. The van der Waals surface area contributed by atoms with Crippen molar-refractivity contribution in [1.29, 1.82) is 0 Å². The maximum Gasteiger partial charge on any atom is 0.417 e. The summed E-state index contributed by atoms with van der Waals surface area (Å²) in [4.78, 5) is 15.1. The molecule has 110 valence electrons. The van der Waals surface area contributed by atoms with Crippen LogP contribution in [0.3, 0.4) is 0 Å². The van der Waals surface area contributed by atoms with E-state index < -0.39 is 28.6 Å². The van der Waals surface area contributed by atoms with Crippen LogP contribution in [-0.2, 0) is 6.18 Å². The molecule has 0 atom stereocenters. The van der Waals surface area contributed by atoms with Crippen LogP contribution < -0.4 is 5.32 Å². The predicted molar refractivity (Wildman–Crippen MR) is 68.6 cm³/mol. The standard InChI is InChI=1S/C13H7ClF4N2O/c14-10-4-3-7(6-9(10)13(16,17)18)20-12(21)8-2-1-5-19-11(8)15/h1-6H,(H,20,21). The van der Waals surface area contributed by atoms with Gasteiger partial charge < -0.3 is 5.32 Å². The van der Waals surface area contributed by atoms with Gasteiger partial charge in [0.25, 0.3) is 5.91 Å². The second-order valence-electron chi connectivity index (χ2n) is 3.99. The number of carbonyl (C=O) groups is 1. The predicted octanol–water partition coefficient (Wildman–Crippen LogP) is 4.15. The molecule has 3 nitrogen and oxygen atoms in total. The molecule has 0 aliphatic carbocycles. The van der Waals surface area contributed by atoms with Gasteiger partial charge in [0, 0.05) is 11.9 Å². The highest BCUT2D eigenvalue weighted by molar-refractivity contribution is 6.31. The van der Waals surface area contributed by atoms with Crippen molar-refractivity contribution in [2.24, 2.45) is 0 Å². The number of nitrogens with one attached hydrogen (secondary N) is 1. The molecule has 21 heavy (non-hydrogen) atoms. The van der Waals surface area contributed by atoms with Gasteiger partial charge in [-0.15, -0.1) is 0 Å². The molecule has 0 fully saturated rings. The Labute approximate surface area is 121 Å². The minimum atomic E-state index is -4.66. The molecule has 0 radical (unpaired) electrons. The summed E-state index contributed by atoms with van der Waals surface area (Å²) in [5.74, 6) is -1.92. The van der Waals surface area contributed by atoms with Crippen LogP contribution in [0, 0.1) is 5.95 Å². The van der Waals surface area contributed by atoms with Gasteiger partial charge in [-0.3, -0.25) is 4.79 Å². The zero-order valence-electron chi connectivity index (χ0n) is 10.2. The van der Waals surface area contributed by atoms with Crippen LogP contribution in [0.25, 0.3) is 0 Å². The van der Waals surface area contributed by atoms with Crippen LogP contribution in [0.15, 0.2) is 36.5 Å². The number of hydrogen-bond donors (Lipinski definition) is 1. The van der Waals surface area contributed by atoms with E-state index in [1.165, 1.54) is 12.1 Å². The molecule has 1 amide bonds. The Morgan fingerprint density at radius 3 is 2.57 bits per heavy atom. The lowest BCUT2D eigenvalue weighted by Gasteiger charge is -2.11. The summed E-state index contributed by atoms with van der Waals surface area (Å²) >= 11 is 5.46. The van der Waals surface area contributed by atoms with Crippen molar-refractivity contribution in [3.8, 4) is 0 Å². The molecule has 0 aliphatic rings. The van der Waals surface area contributed by atoms with E-state index in [2.05, 4.69) is 10.3 Å². The fourth-order valence-corrected chi connectivity index (χ4v) is 1.80. The van der Waals surface area contributed by atoms with Crippen molar-refractivity contribution < 1.29 is 22.4 Å². The molecular weight excluding hydrogens is 312 g/mol. The number of rotatable bonds is 2. The normalized spacial score (nSPS) is 11.3. The minimum Gasteiger partial charge on any atom is -0.322 e. The first-order chi connectivity index (χ1) is 9.79. The van der Waals surface area contributed by atoms with Crippen molar-refractivity contribution in [3.05, 3.63) is 58.6 Å².